The number of aliphatic carboxylic acids is 1. The van der Waals surface area contributed by atoms with Crippen LogP contribution in [0.3, 0.4) is 0 Å². The summed E-state index contributed by atoms with van der Waals surface area (Å²) in [5, 5.41) is 18.0. The lowest BCUT2D eigenvalue weighted by Crippen LogP contribution is -2.12. The first-order valence-electron chi connectivity index (χ1n) is 4.62. The van der Waals surface area contributed by atoms with Gasteiger partial charge in [-0.3, -0.25) is 9.79 Å². The van der Waals surface area contributed by atoms with Crippen molar-refractivity contribution in [1.82, 2.24) is 0 Å². The number of carboxylic acid groups (broad SMARTS) is 1. The van der Waals surface area contributed by atoms with Gasteiger partial charge in [0, 0.05) is 11.8 Å². The first-order chi connectivity index (χ1) is 7.11. The maximum atomic E-state index is 10.5. The fraction of sp³-hybridized carbons (Fsp3) is 0.273. The van der Waals surface area contributed by atoms with E-state index in [9.17, 15) is 9.90 Å². The molecule has 80 valence electrons. The Morgan fingerprint density at radius 2 is 2.20 bits per heavy atom. The van der Waals surface area contributed by atoms with Crippen molar-refractivity contribution in [1.29, 1.82) is 0 Å². The zero-order valence-corrected chi connectivity index (χ0v) is 8.42. The average Bonchev–Trinajstić information content (AvgIpc) is 2.20. The lowest BCUT2D eigenvalue weighted by Gasteiger charge is -2.00. The second kappa shape index (κ2) is 5.14. The number of rotatable bonds is 4. The third-order valence-electron chi connectivity index (χ3n) is 1.97. The van der Waals surface area contributed by atoms with E-state index >= 15 is 0 Å². The molecular weight excluding hydrogens is 194 g/mol. The van der Waals surface area contributed by atoms with Gasteiger partial charge in [0.1, 0.15) is 5.75 Å². The number of para-hydroxylation sites is 1. The van der Waals surface area contributed by atoms with Gasteiger partial charge in [-0.25, -0.2) is 0 Å². The molecule has 1 aromatic carbocycles. The van der Waals surface area contributed by atoms with E-state index in [1.54, 1.807) is 31.2 Å². The van der Waals surface area contributed by atoms with Crippen molar-refractivity contribution >= 4 is 12.2 Å². The third kappa shape index (κ3) is 3.42. The third-order valence-corrected chi connectivity index (χ3v) is 1.97. The van der Waals surface area contributed by atoms with Crippen molar-refractivity contribution < 1.29 is 15.0 Å². The minimum atomic E-state index is -0.871. The molecule has 0 aromatic heterocycles. The smallest absolute Gasteiger partial charge is 0.308 e. The SMILES string of the molecule is CC(CN=Cc1ccccc1O)C(=O)O. The van der Waals surface area contributed by atoms with Crippen LogP contribution in [-0.2, 0) is 4.79 Å². The number of phenolic OH excluding ortho intramolecular Hbond substituents is 1. The van der Waals surface area contributed by atoms with Gasteiger partial charge in [-0.15, -0.1) is 0 Å². The normalized spacial score (nSPS) is 12.9. The Balaban J connectivity index is 2.59. The van der Waals surface area contributed by atoms with Crippen molar-refractivity contribution in [3.8, 4) is 5.75 Å². The predicted octanol–water partition coefficient (Wildman–Crippen LogP) is 1.53. The molecule has 2 N–H and O–H groups in total. The van der Waals surface area contributed by atoms with E-state index in [4.69, 9.17) is 5.11 Å². The Bertz CT molecular complexity index is 374. The van der Waals surface area contributed by atoms with Crippen LogP contribution in [0.2, 0.25) is 0 Å². The van der Waals surface area contributed by atoms with E-state index in [2.05, 4.69) is 4.99 Å². The summed E-state index contributed by atoms with van der Waals surface area (Å²) in [5.74, 6) is -1.24. The van der Waals surface area contributed by atoms with E-state index in [1.807, 2.05) is 0 Å². The topological polar surface area (TPSA) is 69.9 Å². The van der Waals surface area contributed by atoms with Gasteiger partial charge in [0.2, 0.25) is 0 Å². The van der Waals surface area contributed by atoms with Gasteiger partial charge in [0.25, 0.3) is 0 Å². The number of carboxylic acids is 1. The van der Waals surface area contributed by atoms with Gasteiger partial charge in [-0.1, -0.05) is 19.1 Å². The Morgan fingerprint density at radius 3 is 2.80 bits per heavy atom. The van der Waals surface area contributed by atoms with Crippen molar-refractivity contribution in [3.05, 3.63) is 29.8 Å². The molecule has 0 fully saturated rings. The highest BCUT2D eigenvalue weighted by Gasteiger charge is 2.08. The molecule has 0 saturated carbocycles. The van der Waals surface area contributed by atoms with Crippen LogP contribution in [0.15, 0.2) is 29.3 Å². The average molecular weight is 207 g/mol. The summed E-state index contributed by atoms with van der Waals surface area (Å²) in [7, 11) is 0. The number of aliphatic imine (C=N–C) groups is 1. The molecule has 0 radical (unpaired) electrons. The maximum Gasteiger partial charge on any atom is 0.308 e. The summed E-state index contributed by atoms with van der Waals surface area (Å²) in [6, 6.07) is 6.76. The van der Waals surface area contributed by atoms with Gasteiger partial charge in [-0.2, -0.15) is 0 Å². The molecule has 0 bridgehead atoms. The molecule has 1 aromatic rings. The number of nitrogens with zero attached hydrogens (tertiary/aromatic N) is 1. The molecule has 0 saturated heterocycles. The number of hydrogen-bond donors (Lipinski definition) is 2. The van der Waals surface area contributed by atoms with Gasteiger partial charge >= 0.3 is 5.97 Å². The van der Waals surface area contributed by atoms with Crippen LogP contribution in [0.4, 0.5) is 0 Å². The zero-order chi connectivity index (χ0) is 11.3. The highest BCUT2D eigenvalue weighted by atomic mass is 16.4. The molecule has 1 unspecified atom stereocenters. The summed E-state index contributed by atoms with van der Waals surface area (Å²) in [4.78, 5) is 14.4. The maximum absolute atomic E-state index is 10.5. The van der Waals surface area contributed by atoms with Crippen LogP contribution < -0.4 is 0 Å². The Hall–Kier alpha value is -1.84. The summed E-state index contributed by atoms with van der Waals surface area (Å²) < 4.78 is 0. The Labute approximate surface area is 87.9 Å². The molecular formula is C11H13NO3. The van der Waals surface area contributed by atoms with Crippen molar-refractivity contribution in [3.63, 3.8) is 0 Å². The van der Waals surface area contributed by atoms with Gasteiger partial charge in [-0.05, 0) is 12.1 Å². The first-order valence-corrected chi connectivity index (χ1v) is 4.62. The fourth-order valence-corrected chi connectivity index (χ4v) is 0.984. The zero-order valence-electron chi connectivity index (χ0n) is 8.42. The molecule has 1 rings (SSSR count). The van der Waals surface area contributed by atoms with Gasteiger partial charge < -0.3 is 10.2 Å². The van der Waals surface area contributed by atoms with Gasteiger partial charge in [0.05, 0.1) is 12.5 Å². The minimum absolute atomic E-state index is 0.143. The number of benzene rings is 1. The minimum Gasteiger partial charge on any atom is -0.507 e. The van der Waals surface area contributed by atoms with Crippen LogP contribution in [0.1, 0.15) is 12.5 Å². The Kier molecular flexibility index (Phi) is 3.85. The molecule has 0 aliphatic heterocycles. The Morgan fingerprint density at radius 1 is 1.53 bits per heavy atom. The van der Waals surface area contributed by atoms with Crippen LogP contribution in [-0.4, -0.2) is 28.9 Å². The molecule has 0 aliphatic carbocycles. The lowest BCUT2D eigenvalue weighted by atomic mass is 10.2. The molecule has 0 aliphatic rings. The van der Waals surface area contributed by atoms with Crippen LogP contribution in [0, 0.1) is 5.92 Å². The lowest BCUT2D eigenvalue weighted by molar-refractivity contribution is -0.140. The number of carbonyl (C=O) groups is 1. The molecule has 1 atom stereocenters. The number of aromatic hydroxyl groups is 1. The van der Waals surface area contributed by atoms with E-state index < -0.39 is 11.9 Å². The number of phenols is 1. The van der Waals surface area contributed by atoms with Crippen molar-refractivity contribution in [2.75, 3.05) is 6.54 Å². The van der Waals surface area contributed by atoms with E-state index in [0.717, 1.165) is 0 Å². The highest BCUT2D eigenvalue weighted by molar-refractivity contribution is 5.83. The van der Waals surface area contributed by atoms with E-state index in [-0.39, 0.29) is 12.3 Å². The quantitative estimate of drug-likeness (QED) is 0.735. The largest absolute Gasteiger partial charge is 0.507 e. The van der Waals surface area contributed by atoms with Crippen LogP contribution >= 0.6 is 0 Å². The summed E-state index contributed by atoms with van der Waals surface area (Å²) in [5.41, 5.74) is 0.593. The number of hydrogen-bond acceptors (Lipinski definition) is 3. The summed E-state index contributed by atoms with van der Waals surface area (Å²) in [6.45, 7) is 1.80. The molecule has 0 amide bonds. The second-order valence-electron chi connectivity index (χ2n) is 3.29. The molecule has 15 heavy (non-hydrogen) atoms. The first kappa shape index (κ1) is 11.2. The predicted molar refractivity (Wildman–Crippen MR) is 57.4 cm³/mol. The molecule has 0 heterocycles. The highest BCUT2D eigenvalue weighted by Crippen LogP contribution is 2.12. The van der Waals surface area contributed by atoms with E-state index in [1.165, 1.54) is 6.21 Å². The van der Waals surface area contributed by atoms with Crippen LogP contribution in [0.25, 0.3) is 0 Å². The standard InChI is InChI=1S/C11H13NO3/c1-8(11(14)15)6-12-7-9-4-2-3-5-10(9)13/h2-5,7-8,13H,6H2,1H3,(H,14,15). The second-order valence-corrected chi connectivity index (χ2v) is 3.29. The van der Waals surface area contributed by atoms with E-state index in [0.29, 0.717) is 5.56 Å². The fourth-order valence-electron chi connectivity index (χ4n) is 0.984. The summed E-state index contributed by atoms with van der Waals surface area (Å²) >= 11 is 0. The molecule has 4 heteroatoms. The molecule has 4 nitrogen and oxygen atoms in total. The van der Waals surface area contributed by atoms with Crippen molar-refractivity contribution in [2.45, 2.75) is 6.92 Å². The van der Waals surface area contributed by atoms with Gasteiger partial charge in [0.15, 0.2) is 0 Å². The molecule has 0 spiro atoms. The summed E-state index contributed by atoms with van der Waals surface area (Å²) in [6.07, 6.45) is 1.48. The van der Waals surface area contributed by atoms with Crippen LogP contribution in [0.5, 0.6) is 5.75 Å². The monoisotopic (exact) mass is 207 g/mol. The van der Waals surface area contributed by atoms with Crippen molar-refractivity contribution in [2.24, 2.45) is 10.9 Å².